The van der Waals surface area contributed by atoms with E-state index in [9.17, 15) is 8.78 Å². The zero-order valence-corrected chi connectivity index (χ0v) is 15.4. The smallest absolute Gasteiger partial charge is 0.282 e. The van der Waals surface area contributed by atoms with Crippen molar-refractivity contribution < 1.29 is 8.78 Å². The van der Waals surface area contributed by atoms with E-state index < -0.39 is 6.43 Å². The Kier molecular flexibility index (Phi) is 5.65. The third-order valence-electron chi connectivity index (χ3n) is 4.39. The predicted octanol–water partition coefficient (Wildman–Crippen LogP) is 2.21. The van der Waals surface area contributed by atoms with Gasteiger partial charge < -0.3 is 10.2 Å². The van der Waals surface area contributed by atoms with Crippen LogP contribution >= 0.6 is 0 Å². The van der Waals surface area contributed by atoms with Crippen LogP contribution in [0.15, 0.2) is 12.3 Å². The van der Waals surface area contributed by atoms with Gasteiger partial charge in [-0.05, 0) is 13.8 Å². The van der Waals surface area contributed by atoms with Crippen LogP contribution in [0.2, 0.25) is 0 Å². The number of piperazine rings is 1. The minimum Gasteiger partial charge on any atom is -0.370 e. The molecule has 1 fully saturated rings. The molecule has 7 nitrogen and oxygen atoms in total. The maximum Gasteiger partial charge on any atom is 0.282 e. The number of rotatable bonds is 6. The summed E-state index contributed by atoms with van der Waals surface area (Å²) in [5.74, 6) is 1.55. The summed E-state index contributed by atoms with van der Waals surface area (Å²) in [5, 5.41) is 7.10. The maximum absolute atomic E-state index is 13.1. The second-order valence-electron chi connectivity index (χ2n) is 6.50. The molecule has 3 rings (SSSR count). The summed E-state index contributed by atoms with van der Waals surface area (Å²) in [5.41, 5.74) is 1.40. The lowest BCUT2D eigenvalue weighted by molar-refractivity contribution is 0.142. The van der Waals surface area contributed by atoms with E-state index in [0.717, 1.165) is 50.2 Å². The molecule has 1 saturated heterocycles. The van der Waals surface area contributed by atoms with Crippen LogP contribution in [0.3, 0.4) is 0 Å². The molecule has 0 amide bonds. The van der Waals surface area contributed by atoms with E-state index in [1.807, 2.05) is 19.9 Å². The summed E-state index contributed by atoms with van der Waals surface area (Å²) < 4.78 is 27.6. The molecule has 0 aromatic carbocycles. The molecule has 2 aromatic rings. The van der Waals surface area contributed by atoms with Gasteiger partial charge in [0, 0.05) is 69.8 Å². The molecule has 0 spiro atoms. The van der Waals surface area contributed by atoms with Gasteiger partial charge in [-0.15, -0.1) is 0 Å². The minimum atomic E-state index is -2.54. The third kappa shape index (κ3) is 4.27. The fraction of sp³-hybridized carbons (Fsp3) is 0.588. The third-order valence-corrected chi connectivity index (χ3v) is 4.39. The number of aromatic nitrogens is 4. The lowest BCUT2D eigenvalue weighted by Gasteiger charge is -2.34. The zero-order valence-electron chi connectivity index (χ0n) is 15.4. The number of hydrogen-bond acceptors (Lipinski definition) is 6. The van der Waals surface area contributed by atoms with Crippen molar-refractivity contribution in [3.05, 3.63) is 29.2 Å². The van der Waals surface area contributed by atoms with Crippen molar-refractivity contribution in [1.29, 1.82) is 0 Å². The highest BCUT2D eigenvalue weighted by Gasteiger charge is 2.23. The van der Waals surface area contributed by atoms with Gasteiger partial charge in [0.15, 0.2) is 0 Å². The van der Waals surface area contributed by atoms with Crippen molar-refractivity contribution in [1.82, 2.24) is 24.6 Å². The van der Waals surface area contributed by atoms with Crippen molar-refractivity contribution in [2.24, 2.45) is 7.05 Å². The number of anilines is 2. The normalized spacial score (nSPS) is 15.7. The van der Waals surface area contributed by atoms with E-state index in [1.54, 1.807) is 13.2 Å². The molecular weight excluding hydrogens is 340 g/mol. The van der Waals surface area contributed by atoms with Gasteiger partial charge in [-0.25, -0.2) is 13.8 Å². The topological polar surface area (TPSA) is 62.1 Å². The number of halogens is 2. The van der Waals surface area contributed by atoms with Crippen LogP contribution in [-0.2, 0) is 13.6 Å². The monoisotopic (exact) mass is 365 g/mol. The summed E-state index contributed by atoms with van der Waals surface area (Å²) in [6.45, 7) is 8.34. The van der Waals surface area contributed by atoms with Crippen LogP contribution < -0.4 is 10.2 Å². The molecule has 3 heterocycles. The van der Waals surface area contributed by atoms with Crippen molar-refractivity contribution in [2.75, 3.05) is 42.9 Å². The van der Waals surface area contributed by atoms with Gasteiger partial charge in [0.2, 0.25) is 5.95 Å². The van der Waals surface area contributed by atoms with Gasteiger partial charge in [-0.1, -0.05) is 0 Å². The molecule has 0 bridgehead atoms. The minimum absolute atomic E-state index is 0.118. The lowest BCUT2D eigenvalue weighted by atomic mass is 10.2. The van der Waals surface area contributed by atoms with Crippen molar-refractivity contribution in [3.63, 3.8) is 0 Å². The van der Waals surface area contributed by atoms with Gasteiger partial charge in [0.05, 0.1) is 0 Å². The summed E-state index contributed by atoms with van der Waals surface area (Å²) in [7, 11) is 1.67. The van der Waals surface area contributed by atoms with E-state index in [2.05, 4.69) is 30.2 Å². The van der Waals surface area contributed by atoms with Gasteiger partial charge in [-0.3, -0.25) is 9.58 Å². The molecule has 0 atom stereocenters. The molecule has 1 N–H and O–H groups in total. The Hall–Kier alpha value is -2.29. The molecule has 0 radical (unpaired) electrons. The molecule has 0 unspecified atom stereocenters. The van der Waals surface area contributed by atoms with E-state index in [4.69, 9.17) is 0 Å². The van der Waals surface area contributed by atoms with E-state index in [0.29, 0.717) is 12.1 Å². The van der Waals surface area contributed by atoms with Crippen LogP contribution in [0, 0.1) is 6.92 Å². The lowest BCUT2D eigenvalue weighted by Crippen LogP contribution is -2.46. The zero-order chi connectivity index (χ0) is 18.7. The number of nitrogens with one attached hydrogen (secondary N) is 1. The first-order valence-corrected chi connectivity index (χ1v) is 8.83. The van der Waals surface area contributed by atoms with Crippen LogP contribution in [0.1, 0.15) is 30.3 Å². The summed E-state index contributed by atoms with van der Waals surface area (Å²) in [6, 6.07) is 1.93. The second kappa shape index (κ2) is 7.94. The van der Waals surface area contributed by atoms with E-state index in [1.165, 1.54) is 4.68 Å². The highest BCUT2D eigenvalue weighted by Crippen LogP contribution is 2.23. The van der Waals surface area contributed by atoms with Gasteiger partial charge in [-0.2, -0.15) is 10.1 Å². The Morgan fingerprint density at radius 2 is 1.92 bits per heavy atom. The maximum atomic E-state index is 13.1. The first-order valence-electron chi connectivity index (χ1n) is 8.83. The van der Waals surface area contributed by atoms with Crippen LogP contribution in [0.4, 0.5) is 20.5 Å². The fourth-order valence-electron chi connectivity index (χ4n) is 3.17. The Labute approximate surface area is 152 Å². The molecule has 0 aliphatic carbocycles. The molecule has 26 heavy (non-hydrogen) atoms. The first-order chi connectivity index (χ1) is 12.5. The highest BCUT2D eigenvalue weighted by molar-refractivity contribution is 5.43. The Morgan fingerprint density at radius 3 is 2.58 bits per heavy atom. The van der Waals surface area contributed by atoms with Crippen LogP contribution in [-0.4, -0.2) is 57.4 Å². The summed E-state index contributed by atoms with van der Waals surface area (Å²) in [6.07, 6.45) is -0.863. The first kappa shape index (κ1) is 18.5. The average molecular weight is 365 g/mol. The summed E-state index contributed by atoms with van der Waals surface area (Å²) >= 11 is 0. The summed E-state index contributed by atoms with van der Waals surface area (Å²) in [4.78, 5) is 13.4. The fourth-order valence-corrected chi connectivity index (χ4v) is 3.17. The molecule has 2 aromatic heterocycles. The molecule has 142 valence electrons. The molecule has 0 saturated carbocycles. The number of alkyl halides is 2. The Balaban J connectivity index is 1.63. The molecule has 1 aliphatic heterocycles. The Morgan fingerprint density at radius 1 is 1.19 bits per heavy atom. The largest absolute Gasteiger partial charge is 0.370 e. The number of nitrogens with zero attached hydrogens (tertiary/aromatic N) is 6. The molecule has 9 heteroatoms. The predicted molar refractivity (Wildman–Crippen MR) is 96.6 cm³/mol. The van der Waals surface area contributed by atoms with E-state index >= 15 is 0 Å². The van der Waals surface area contributed by atoms with Crippen molar-refractivity contribution >= 4 is 11.8 Å². The quantitative estimate of drug-likeness (QED) is 0.847. The second-order valence-corrected chi connectivity index (χ2v) is 6.50. The van der Waals surface area contributed by atoms with Crippen LogP contribution in [0.5, 0.6) is 0 Å². The number of aryl methyl sites for hydroxylation is 2. The van der Waals surface area contributed by atoms with Crippen LogP contribution in [0.25, 0.3) is 0 Å². The van der Waals surface area contributed by atoms with Crippen molar-refractivity contribution in [2.45, 2.75) is 26.8 Å². The molecular formula is C17H25F2N7. The Bertz CT molecular complexity index is 739. The number of hydrogen-bond donors (Lipinski definition) is 1. The van der Waals surface area contributed by atoms with Gasteiger partial charge >= 0.3 is 0 Å². The van der Waals surface area contributed by atoms with Gasteiger partial charge in [0.1, 0.15) is 11.5 Å². The highest BCUT2D eigenvalue weighted by atomic mass is 19.3. The SMILES string of the molecule is CCNc1cc(C)nc(N2CCN(Cc3cn(C)nc3C(F)F)CC2)n1. The van der Waals surface area contributed by atoms with Gasteiger partial charge in [0.25, 0.3) is 6.43 Å². The molecule has 1 aliphatic rings. The standard InChI is InChI=1S/C17H25F2N7/c1-4-20-14-9-12(2)21-17(22-14)26-7-5-25(6-8-26)11-13-10-24(3)23-15(13)16(18)19/h9-10,16H,4-8,11H2,1-3H3,(H,20,21,22). The van der Waals surface area contributed by atoms with E-state index in [-0.39, 0.29) is 5.69 Å². The average Bonchev–Trinajstić information content (AvgIpc) is 2.96. The van der Waals surface area contributed by atoms with Crippen molar-refractivity contribution in [3.8, 4) is 0 Å².